The topological polar surface area (TPSA) is 122 Å². The highest BCUT2D eigenvalue weighted by atomic mass is 32.2. The summed E-state index contributed by atoms with van der Waals surface area (Å²) in [5.74, 6) is -1.72. The van der Waals surface area contributed by atoms with Crippen LogP contribution in [0.1, 0.15) is 0 Å². The van der Waals surface area contributed by atoms with Crippen molar-refractivity contribution in [3.8, 4) is 0 Å². The predicted molar refractivity (Wildman–Crippen MR) is 95.8 cm³/mol. The molecule has 0 saturated carbocycles. The van der Waals surface area contributed by atoms with Crippen LogP contribution in [-0.4, -0.2) is 34.3 Å². The molecule has 0 saturated heterocycles. The Morgan fingerprint density at radius 3 is 2.00 bits per heavy atom. The molecule has 0 aliphatic carbocycles. The minimum absolute atomic E-state index is 0.0875. The Kier molecular flexibility index (Phi) is 5.40. The number of sulfonamides is 1. The van der Waals surface area contributed by atoms with Crippen molar-refractivity contribution in [1.29, 1.82) is 0 Å². The van der Waals surface area contributed by atoms with Gasteiger partial charge in [0.15, 0.2) is 0 Å². The van der Waals surface area contributed by atoms with Crippen molar-refractivity contribution < 1.29 is 18.0 Å². The normalized spacial score (nSPS) is 10.8. The smallest absolute Gasteiger partial charge is 0.314 e. The number of primary sulfonamides is 1. The summed E-state index contributed by atoms with van der Waals surface area (Å²) in [6, 6.07) is 12.2. The number of anilines is 3. The number of benzene rings is 2. The summed E-state index contributed by atoms with van der Waals surface area (Å²) in [4.78, 5) is 25.7. The third kappa shape index (κ3) is 5.03. The summed E-state index contributed by atoms with van der Waals surface area (Å²) in [7, 11) is -0.0923. The highest BCUT2D eigenvalue weighted by Crippen LogP contribution is 2.17. The van der Waals surface area contributed by atoms with E-state index < -0.39 is 21.8 Å². The summed E-state index contributed by atoms with van der Waals surface area (Å²) >= 11 is 0. The van der Waals surface area contributed by atoms with E-state index in [2.05, 4.69) is 10.6 Å². The van der Waals surface area contributed by atoms with E-state index >= 15 is 0 Å². The first-order chi connectivity index (χ1) is 11.7. The Balaban J connectivity index is 2.03. The van der Waals surface area contributed by atoms with Crippen LogP contribution in [0.2, 0.25) is 0 Å². The third-order valence-electron chi connectivity index (χ3n) is 3.27. The maximum absolute atomic E-state index is 12.0. The summed E-state index contributed by atoms with van der Waals surface area (Å²) in [5, 5.41) is 9.87. The van der Waals surface area contributed by atoms with Crippen LogP contribution in [0, 0.1) is 0 Å². The van der Waals surface area contributed by atoms with Gasteiger partial charge in [-0.1, -0.05) is 6.07 Å². The number of rotatable bonds is 4. The number of nitrogens with two attached hydrogens (primary N) is 1. The van der Waals surface area contributed by atoms with Gasteiger partial charge in [-0.2, -0.15) is 0 Å². The molecule has 4 N–H and O–H groups in total. The molecule has 2 aromatic carbocycles. The van der Waals surface area contributed by atoms with Gasteiger partial charge in [-0.25, -0.2) is 13.6 Å². The van der Waals surface area contributed by atoms with E-state index in [-0.39, 0.29) is 10.6 Å². The van der Waals surface area contributed by atoms with E-state index in [1.165, 1.54) is 24.3 Å². The maximum atomic E-state index is 12.0. The number of amides is 2. The van der Waals surface area contributed by atoms with Crippen LogP contribution in [0.15, 0.2) is 53.4 Å². The fraction of sp³-hybridized carbons (Fsp3) is 0.125. The number of hydrogen-bond donors (Lipinski definition) is 3. The van der Waals surface area contributed by atoms with E-state index in [9.17, 15) is 18.0 Å². The molecule has 2 amide bonds. The zero-order chi connectivity index (χ0) is 18.6. The largest absolute Gasteiger partial charge is 0.378 e. The van der Waals surface area contributed by atoms with Gasteiger partial charge in [0.2, 0.25) is 10.0 Å². The predicted octanol–water partition coefficient (Wildman–Crippen LogP) is 0.977. The average molecular weight is 362 g/mol. The van der Waals surface area contributed by atoms with Crippen LogP contribution in [0.3, 0.4) is 0 Å². The Morgan fingerprint density at radius 1 is 0.920 bits per heavy atom. The van der Waals surface area contributed by atoms with Crippen molar-refractivity contribution in [2.45, 2.75) is 4.90 Å². The second kappa shape index (κ2) is 7.32. The second-order valence-corrected chi connectivity index (χ2v) is 6.98. The summed E-state index contributed by atoms with van der Waals surface area (Å²) in [5.41, 5.74) is 1.63. The van der Waals surface area contributed by atoms with Crippen molar-refractivity contribution in [2.75, 3.05) is 29.6 Å². The van der Waals surface area contributed by atoms with Crippen LogP contribution < -0.4 is 20.7 Å². The van der Waals surface area contributed by atoms with Crippen molar-refractivity contribution in [3.63, 3.8) is 0 Å². The van der Waals surface area contributed by atoms with Gasteiger partial charge < -0.3 is 15.5 Å². The second-order valence-electron chi connectivity index (χ2n) is 5.42. The van der Waals surface area contributed by atoms with Gasteiger partial charge in [-0.3, -0.25) is 9.59 Å². The lowest BCUT2D eigenvalue weighted by atomic mass is 10.2. The van der Waals surface area contributed by atoms with E-state index in [4.69, 9.17) is 5.14 Å². The Bertz CT molecular complexity index is 893. The molecule has 132 valence electrons. The number of nitrogens with one attached hydrogen (secondary N) is 2. The summed E-state index contributed by atoms with van der Waals surface area (Å²) < 4.78 is 22.4. The van der Waals surface area contributed by atoms with Crippen molar-refractivity contribution >= 4 is 38.9 Å². The zero-order valence-corrected chi connectivity index (χ0v) is 14.5. The minimum atomic E-state index is -3.81. The lowest BCUT2D eigenvalue weighted by Gasteiger charge is -2.14. The monoisotopic (exact) mass is 362 g/mol. The first kappa shape index (κ1) is 18.4. The van der Waals surface area contributed by atoms with Crippen molar-refractivity contribution in [2.24, 2.45) is 5.14 Å². The van der Waals surface area contributed by atoms with Gasteiger partial charge in [-0.05, 0) is 42.5 Å². The van der Waals surface area contributed by atoms with E-state index in [1.54, 1.807) is 18.2 Å². The first-order valence-corrected chi connectivity index (χ1v) is 8.74. The van der Waals surface area contributed by atoms with Crippen LogP contribution in [0.4, 0.5) is 17.1 Å². The van der Waals surface area contributed by atoms with Crippen LogP contribution in [0.5, 0.6) is 0 Å². The molecular weight excluding hydrogens is 344 g/mol. The highest BCUT2D eigenvalue weighted by molar-refractivity contribution is 7.89. The van der Waals surface area contributed by atoms with E-state index in [0.29, 0.717) is 5.69 Å². The quantitative estimate of drug-likeness (QED) is 0.700. The van der Waals surface area contributed by atoms with E-state index in [0.717, 1.165) is 5.69 Å². The number of carbonyl (C=O) groups is 2. The third-order valence-corrected chi connectivity index (χ3v) is 4.20. The molecular formula is C16H18N4O4S. The maximum Gasteiger partial charge on any atom is 0.314 e. The first-order valence-electron chi connectivity index (χ1n) is 7.19. The minimum Gasteiger partial charge on any atom is -0.378 e. The standard InChI is InChI=1S/C16H18N4O4S/c1-20(2)13-5-3-4-12(10-13)19-16(22)15(21)18-11-6-8-14(9-7-11)25(17,23)24/h3-10H,1-2H3,(H,18,21)(H,19,22)(H2,17,23,24). The molecule has 0 aliphatic rings. The highest BCUT2D eigenvalue weighted by Gasteiger charge is 2.15. The number of nitrogens with zero attached hydrogens (tertiary/aromatic N) is 1. The number of hydrogen-bond acceptors (Lipinski definition) is 5. The summed E-state index contributed by atoms with van der Waals surface area (Å²) in [6.07, 6.45) is 0. The molecule has 2 aromatic rings. The molecule has 8 nitrogen and oxygen atoms in total. The van der Waals surface area contributed by atoms with Crippen molar-refractivity contribution in [3.05, 3.63) is 48.5 Å². The van der Waals surface area contributed by atoms with Crippen LogP contribution in [0.25, 0.3) is 0 Å². The molecule has 0 heterocycles. The van der Waals surface area contributed by atoms with Gasteiger partial charge in [0.1, 0.15) is 0 Å². The van der Waals surface area contributed by atoms with Crippen LogP contribution in [-0.2, 0) is 19.6 Å². The molecule has 0 aromatic heterocycles. The molecule has 2 rings (SSSR count). The molecule has 0 bridgehead atoms. The van der Waals surface area contributed by atoms with Gasteiger partial charge in [0, 0.05) is 31.2 Å². The molecule has 0 radical (unpaired) electrons. The fourth-order valence-electron chi connectivity index (χ4n) is 1.97. The summed E-state index contributed by atoms with van der Waals surface area (Å²) in [6.45, 7) is 0. The van der Waals surface area contributed by atoms with E-state index in [1.807, 2.05) is 25.1 Å². The molecule has 0 atom stereocenters. The Labute approximate surface area is 145 Å². The number of carbonyl (C=O) groups excluding carboxylic acids is 2. The SMILES string of the molecule is CN(C)c1cccc(NC(=O)C(=O)Nc2ccc(S(N)(=O)=O)cc2)c1. The van der Waals surface area contributed by atoms with Gasteiger partial charge in [0.05, 0.1) is 4.90 Å². The molecule has 9 heteroatoms. The molecule has 0 spiro atoms. The zero-order valence-electron chi connectivity index (χ0n) is 13.7. The Morgan fingerprint density at radius 2 is 1.48 bits per heavy atom. The van der Waals surface area contributed by atoms with Crippen molar-refractivity contribution in [1.82, 2.24) is 0 Å². The Hall–Kier alpha value is -2.91. The van der Waals surface area contributed by atoms with Gasteiger partial charge in [0.25, 0.3) is 0 Å². The average Bonchev–Trinajstić information content (AvgIpc) is 2.54. The van der Waals surface area contributed by atoms with Gasteiger partial charge in [-0.15, -0.1) is 0 Å². The van der Waals surface area contributed by atoms with Gasteiger partial charge >= 0.3 is 11.8 Å². The molecule has 0 fully saturated rings. The molecule has 0 unspecified atom stereocenters. The lowest BCUT2D eigenvalue weighted by Crippen LogP contribution is -2.29. The fourth-order valence-corrected chi connectivity index (χ4v) is 2.48. The lowest BCUT2D eigenvalue weighted by molar-refractivity contribution is -0.132. The molecule has 0 aliphatic heterocycles. The van der Waals surface area contributed by atoms with Crippen LogP contribution >= 0.6 is 0 Å². The molecule has 25 heavy (non-hydrogen) atoms.